The molecule has 2 N–H and O–H groups in total. The van der Waals surface area contributed by atoms with Crippen LogP contribution in [0.1, 0.15) is 30.4 Å². The van der Waals surface area contributed by atoms with Gasteiger partial charge in [-0.1, -0.05) is 55.5 Å². The van der Waals surface area contributed by atoms with Crippen molar-refractivity contribution in [3.8, 4) is 11.1 Å². The second kappa shape index (κ2) is 8.18. The van der Waals surface area contributed by atoms with Crippen molar-refractivity contribution in [3.63, 3.8) is 0 Å². The third kappa shape index (κ3) is 3.63. The van der Waals surface area contributed by atoms with E-state index in [1.807, 2.05) is 36.4 Å². The van der Waals surface area contributed by atoms with Gasteiger partial charge in [0, 0.05) is 19.0 Å². The minimum Gasteiger partial charge on any atom is -0.481 e. The standard InChI is InChI=1S/C23H24N2O5/c1-2-20(21(26)25-11-14(12-25)22(27)28)24-23(29)30-13-19-17-9-5-3-7-15(17)16-8-4-6-10-18(16)19/h3-10,14,19-20H,2,11-13H2,1H3,(H,24,29)(H,27,28)/t20-/m1/s1. The number of nitrogens with one attached hydrogen (secondary N) is 1. The fraction of sp³-hybridized carbons (Fsp3) is 0.348. The number of alkyl carbamates (subject to hydrolysis) is 1. The number of ether oxygens (including phenoxy) is 1. The van der Waals surface area contributed by atoms with Crippen LogP contribution in [0, 0.1) is 5.92 Å². The van der Waals surface area contributed by atoms with Crippen LogP contribution in [0.25, 0.3) is 11.1 Å². The van der Waals surface area contributed by atoms with E-state index in [0.29, 0.717) is 6.42 Å². The maximum atomic E-state index is 12.5. The summed E-state index contributed by atoms with van der Waals surface area (Å²) in [6.45, 7) is 2.32. The van der Waals surface area contributed by atoms with Crippen molar-refractivity contribution >= 4 is 18.0 Å². The van der Waals surface area contributed by atoms with Crippen LogP contribution >= 0.6 is 0 Å². The van der Waals surface area contributed by atoms with Crippen LogP contribution < -0.4 is 5.32 Å². The summed E-state index contributed by atoms with van der Waals surface area (Å²) >= 11 is 0. The van der Waals surface area contributed by atoms with E-state index in [0.717, 1.165) is 22.3 Å². The molecule has 2 aromatic rings. The van der Waals surface area contributed by atoms with Gasteiger partial charge in [0.1, 0.15) is 12.6 Å². The molecule has 1 saturated heterocycles. The molecule has 0 spiro atoms. The second-order valence-corrected chi connectivity index (χ2v) is 7.71. The summed E-state index contributed by atoms with van der Waals surface area (Å²) in [6, 6.07) is 15.4. The zero-order chi connectivity index (χ0) is 21.3. The smallest absolute Gasteiger partial charge is 0.407 e. The SMILES string of the molecule is CC[C@@H](NC(=O)OCC1c2ccccc2-c2ccccc21)C(=O)N1CC(C(=O)O)C1. The summed E-state index contributed by atoms with van der Waals surface area (Å²) in [5.74, 6) is -1.76. The second-order valence-electron chi connectivity index (χ2n) is 7.71. The number of rotatable bonds is 6. The molecule has 156 valence electrons. The van der Waals surface area contributed by atoms with Gasteiger partial charge < -0.3 is 20.1 Å². The van der Waals surface area contributed by atoms with Crippen molar-refractivity contribution in [2.45, 2.75) is 25.3 Å². The number of carbonyl (C=O) groups excluding carboxylic acids is 2. The summed E-state index contributed by atoms with van der Waals surface area (Å²) in [5.41, 5.74) is 4.54. The Hall–Kier alpha value is -3.35. The summed E-state index contributed by atoms with van der Waals surface area (Å²) < 4.78 is 5.50. The highest BCUT2D eigenvalue weighted by molar-refractivity contribution is 5.88. The van der Waals surface area contributed by atoms with Gasteiger partial charge >= 0.3 is 12.1 Å². The Balaban J connectivity index is 1.37. The number of likely N-dealkylation sites (tertiary alicyclic amines) is 1. The fourth-order valence-electron chi connectivity index (χ4n) is 4.16. The van der Waals surface area contributed by atoms with Crippen LogP contribution in [0.5, 0.6) is 0 Å². The lowest BCUT2D eigenvalue weighted by Crippen LogP contribution is -2.58. The molecule has 0 bridgehead atoms. The normalized spacial score (nSPS) is 16.2. The Morgan fingerprint density at radius 1 is 1.07 bits per heavy atom. The van der Waals surface area contributed by atoms with Gasteiger partial charge in [0.15, 0.2) is 0 Å². The third-order valence-corrected chi connectivity index (χ3v) is 5.88. The average molecular weight is 408 g/mol. The molecule has 2 aromatic carbocycles. The maximum absolute atomic E-state index is 12.5. The number of benzene rings is 2. The summed E-state index contributed by atoms with van der Waals surface area (Å²) in [5, 5.41) is 11.6. The average Bonchev–Trinajstić information content (AvgIpc) is 3.03. The van der Waals surface area contributed by atoms with E-state index >= 15 is 0 Å². The Morgan fingerprint density at radius 2 is 1.63 bits per heavy atom. The highest BCUT2D eigenvalue weighted by Gasteiger charge is 2.38. The van der Waals surface area contributed by atoms with Crippen molar-refractivity contribution in [1.82, 2.24) is 10.2 Å². The van der Waals surface area contributed by atoms with Crippen molar-refractivity contribution in [2.24, 2.45) is 5.92 Å². The van der Waals surface area contributed by atoms with Gasteiger partial charge in [-0.2, -0.15) is 0 Å². The van der Waals surface area contributed by atoms with Gasteiger partial charge in [0.25, 0.3) is 0 Å². The summed E-state index contributed by atoms with van der Waals surface area (Å²) in [4.78, 5) is 37.3. The van der Waals surface area contributed by atoms with Gasteiger partial charge in [-0.15, -0.1) is 0 Å². The number of nitrogens with zero attached hydrogens (tertiary/aromatic N) is 1. The van der Waals surface area contributed by atoms with Gasteiger partial charge in [-0.05, 0) is 28.7 Å². The van der Waals surface area contributed by atoms with Crippen LogP contribution in [-0.4, -0.2) is 53.7 Å². The number of hydrogen-bond donors (Lipinski definition) is 2. The van der Waals surface area contributed by atoms with E-state index in [9.17, 15) is 14.4 Å². The first-order valence-electron chi connectivity index (χ1n) is 10.1. The van der Waals surface area contributed by atoms with E-state index < -0.39 is 24.0 Å². The number of amides is 2. The molecule has 1 aliphatic heterocycles. The molecule has 2 amide bonds. The quantitative estimate of drug-likeness (QED) is 0.766. The van der Waals surface area contributed by atoms with Crippen LogP contribution in [0.3, 0.4) is 0 Å². The van der Waals surface area contributed by atoms with Gasteiger partial charge in [-0.3, -0.25) is 9.59 Å². The first kappa shape index (κ1) is 19.9. The first-order valence-corrected chi connectivity index (χ1v) is 10.1. The molecule has 1 aliphatic carbocycles. The molecular formula is C23H24N2O5. The molecule has 7 heteroatoms. The molecule has 2 aliphatic rings. The van der Waals surface area contributed by atoms with Gasteiger partial charge in [-0.25, -0.2) is 4.79 Å². The highest BCUT2D eigenvalue weighted by atomic mass is 16.5. The van der Waals surface area contributed by atoms with Gasteiger partial charge in [0.2, 0.25) is 5.91 Å². The predicted octanol–water partition coefficient (Wildman–Crippen LogP) is 2.85. The molecule has 4 rings (SSSR count). The number of hydrogen-bond acceptors (Lipinski definition) is 4. The van der Waals surface area contributed by atoms with Gasteiger partial charge in [0.05, 0.1) is 5.92 Å². The topological polar surface area (TPSA) is 95.9 Å². The Bertz CT molecular complexity index is 938. The van der Waals surface area contributed by atoms with Crippen LogP contribution in [-0.2, 0) is 14.3 Å². The number of carboxylic acids is 1. The fourth-order valence-corrected chi connectivity index (χ4v) is 4.16. The molecule has 0 aromatic heterocycles. The predicted molar refractivity (Wildman–Crippen MR) is 110 cm³/mol. The molecule has 1 atom stereocenters. The number of carbonyl (C=O) groups is 3. The summed E-state index contributed by atoms with van der Waals surface area (Å²) in [6.07, 6.45) is -0.246. The van der Waals surface area contributed by atoms with Crippen LogP contribution in [0.2, 0.25) is 0 Å². The highest BCUT2D eigenvalue weighted by Crippen LogP contribution is 2.44. The van der Waals surface area contributed by atoms with Crippen LogP contribution in [0.4, 0.5) is 4.79 Å². The van der Waals surface area contributed by atoms with Crippen LogP contribution in [0.15, 0.2) is 48.5 Å². The van der Waals surface area contributed by atoms with E-state index in [1.54, 1.807) is 6.92 Å². The molecule has 1 heterocycles. The molecule has 7 nitrogen and oxygen atoms in total. The molecule has 0 radical (unpaired) electrons. The molecule has 30 heavy (non-hydrogen) atoms. The lowest BCUT2D eigenvalue weighted by Gasteiger charge is -2.38. The first-order chi connectivity index (χ1) is 14.5. The lowest BCUT2D eigenvalue weighted by atomic mass is 9.98. The number of carboxylic acid groups (broad SMARTS) is 1. The zero-order valence-corrected chi connectivity index (χ0v) is 16.7. The van der Waals surface area contributed by atoms with Crippen molar-refractivity contribution < 1.29 is 24.2 Å². The van der Waals surface area contributed by atoms with E-state index in [1.165, 1.54) is 4.90 Å². The molecule has 1 fully saturated rings. The largest absolute Gasteiger partial charge is 0.481 e. The van der Waals surface area contributed by atoms with Crippen molar-refractivity contribution in [3.05, 3.63) is 59.7 Å². The zero-order valence-electron chi connectivity index (χ0n) is 16.7. The van der Waals surface area contributed by atoms with Crippen molar-refractivity contribution in [1.29, 1.82) is 0 Å². The Labute approximate surface area is 174 Å². The Kier molecular flexibility index (Phi) is 5.44. The third-order valence-electron chi connectivity index (χ3n) is 5.88. The monoisotopic (exact) mass is 408 g/mol. The molecule has 0 unspecified atom stereocenters. The Morgan fingerprint density at radius 3 is 2.17 bits per heavy atom. The minimum atomic E-state index is -0.906. The number of aliphatic carboxylic acids is 1. The summed E-state index contributed by atoms with van der Waals surface area (Å²) in [7, 11) is 0. The van der Waals surface area contributed by atoms with E-state index in [-0.39, 0.29) is 31.5 Å². The van der Waals surface area contributed by atoms with Crippen molar-refractivity contribution in [2.75, 3.05) is 19.7 Å². The van der Waals surface area contributed by atoms with E-state index in [4.69, 9.17) is 9.84 Å². The maximum Gasteiger partial charge on any atom is 0.407 e. The molecular weight excluding hydrogens is 384 g/mol. The lowest BCUT2D eigenvalue weighted by molar-refractivity contribution is -0.153. The number of fused-ring (bicyclic) bond motifs is 3. The van der Waals surface area contributed by atoms with E-state index in [2.05, 4.69) is 17.4 Å². The molecule has 0 saturated carbocycles. The minimum absolute atomic E-state index is 0.0503.